The van der Waals surface area contributed by atoms with Gasteiger partial charge in [-0.15, -0.1) is 5.10 Å². The van der Waals surface area contributed by atoms with Gasteiger partial charge in [0.25, 0.3) is 0 Å². The topological polar surface area (TPSA) is 60.5 Å². The zero-order valence-corrected chi connectivity index (χ0v) is 18.0. The Morgan fingerprint density at radius 3 is 2.79 bits per heavy atom. The van der Waals surface area contributed by atoms with Crippen LogP contribution in [0.15, 0.2) is 18.2 Å². The number of halogens is 1. The second-order valence-corrected chi connectivity index (χ2v) is 7.96. The fraction of sp³-hybridized carbons (Fsp3) is 0.650. The maximum absolute atomic E-state index is 6.23. The van der Waals surface area contributed by atoms with Gasteiger partial charge in [-0.1, -0.05) is 31.0 Å². The zero-order chi connectivity index (χ0) is 19.9. The zero-order valence-electron chi connectivity index (χ0n) is 17.2. The smallest absolute Gasteiger partial charge is 0.209 e. The predicted octanol–water partition coefficient (Wildman–Crippen LogP) is 1.92. The van der Waals surface area contributed by atoms with Gasteiger partial charge >= 0.3 is 0 Å². The van der Waals surface area contributed by atoms with E-state index in [0.29, 0.717) is 19.2 Å². The Labute approximate surface area is 172 Å². The molecule has 0 saturated carbocycles. The van der Waals surface area contributed by atoms with Gasteiger partial charge < -0.3 is 14.5 Å². The van der Waals surface area contributed by atoms with E-state index in [1.54, 1.807) is 12.0 Å². The number of hydrogen-bond acceptors (Lipinski definition) is 5. The van der Waals surface area contributed by atoms with Crippen molar-refractivity contribution in [2.24, 2.45) is 0 Å². The Morgan fingerprint density at radius 2 is 2.07 bits per heavy atom. The van der Waals surface area contributed by atoms with Gasteiger partial charge in [-0.25, -0.2) is 4.68 Å². The number of quaternary nitrogens is 1. The van der Waals surface area contributed by atoms with Crippen molar-refractivity contribution in [3.8, 4) is 0 Å². The molecule has 1 aromatic carbocycles. The summed E-state index contributed by atoms with van der Waals surface area (Å²) in [5.41, 5.74) is 2.53. The van der Waals surface area contributed by atoms with E-state index in [4.69, 9.17) is 16.3 Å². The van der Waals surface area contributed by atoms with Crippen LogP contribution in [0.25, 0.3) is 0 Å². The molecule has 2 aromatic rings. The molecule has 1 fully saturated rings. The molecular formula is C20H32ClN6O+. The van der Waals surface area contributed by atoms with E-state index in [1.165, 1.54) is 24.1 Å². The summed E-state index contributed by atoms with van der Waals surface area (Å²) >= 11 is 6.23. The number of ether oxygens (including phenoxy) is 1. The first-order valence-corrected chi connectivity index (χ1v) is 10.6. The number of rotatable bonds is 9. The number of nitrogens with one attached hydrogen (secondary N) is 1. The second-order valence-electron chi connectivity index (χ2n) is 7.52. The molecule has 1 saturated heterocycles. The molecule has 8 heteroatoms. The number of methoxy groups -OCH3 is 1. The van der Waals surface area contributed by atoms with Crippen molar-refractivity contribution in [3.05, 3.63) is 34.6 Å². The summed E-state index contributed by atoms with van der Waals surface area (Å²) in [6.45, 7) is 9.86. The summed E-state index contributed by atoms with van der Waals surface area (Å²) in [5.74, 6) is 0.993. The fourth-order valence-corrected chi connectivity index (χ4v) is 4.20. The van der Waals surface area contributed by atoms with Crippen molar-refractivity contribution in [1.29, 1.82) is 0 Å². The largest absolute Gasteiger partial charge is 0.383 e. The van der Waals surface area contributed by atoms with Crippen LogP contribution in [0, 0.1) is 6.92 Å². The van der Waals surface area contributed by atoms with Crippen LogP contribution in [0.4, 0.5) is 5.69 Å². The first kappa shape index (κ1) is 21.0. The maximum Gasteiger partial charge on any atom is 0.209 e. The Hall–Kier alpha value is -1.70. The first-order valence-electron chi connectivity index (χ1n) is 10.2. The van der Waals surface area contributed by atoms with E-state index in [0.717, 1.165) is 43.4 Å². The normalized spacial score (nSPS) is 16.5. The highest BCUT2D eigenvalue weighted by molar-refractivity contribution is 6.30. The first-order chi connectivity index (χ1) is 13.6. The highest BCUT2D eigenvalue weighted by Crippen LogP contribution is 2.24. The molecule has 1 aliphatic heterocycles. The number of aromatic nitrogens is 4. The Morgan fingerprint density at radius 1 is 1.29 bits per heavy atom. The van der Waals surface area contributed by atoms with Crippen molar-refractivity contribution in [3.63, 3.8) is 0 Å². The standard InChI is InChI=1S/C20H31ClN6O/c1-4-5-6-18(20-22-23-24-27(20)13-14-28-3)25-9-11-26(12-10-25)19-15-17(21)8-7-16(19)2/h7-8,15,18H,4-6,9-14H2,1-3H3/p+1/t18-/m1/s1. The third-order valence-corrected chi connectivity index (χ3v) is 5.87. The van der Waals surface area contributed by atoms with E-state index < -0.39 is 0 Å². The molecule has 0 unspecified atom stereocenters. The van der Waals surface area contributed by atoms with Crippen LogP contribution in [-0.4, -0.2) is 60.1 Å². The summed E-state index contributed by atoms with van der Waals surface area (Å²) in [7, 11) is 1.71. The van der Waals surface area contributed by atoms with Crippen LogP contribution in [0.5, 0.6) is 0 Å². The van der Waals surface area contributed by atoms with E-state index in [2.05, 4.69) is 46.4 Å². The van der Waals surface area contributed by atoms with Crippen LogP contribution >= 0.6 is 11.6 Å². The number of nitrogens with zero attached hydrogens (tertiary/aromatic N) is 5. The van der Waals surface area contributed by atoms with Crippen molar-refractivity contribution < 1.29 is 9.64 Å². The number of aryl methyl sites for hydroxylation is 1. The van der Waals surface area contributed by atoms with E-state index in [-0.39, 0.29) is 0 Å². The number of piperazine rings is 1. The third-order valence-electron chi connectivity index (χ3n) is 5.64. The lowest BCUT2D eigenvalue weighted by Crippen LogP contribution is -3.15. The van der Waals surface area contributed by atoms with Crippen LogP contribution in [0.3, 0.4) is 0 Å². The van der Waals surface area contributed by atoms with Gasteiger partial charge in [0.05, 0.1) is 39.3 Å². The number of hydrogen-bond donors (Lipinski definition) is 1. The summed E-state index contributed by atoms with van der Waals surface area (Å²) in [6, 6.07) is 6.48. The van der Waals surface area contributed by atoms with Crippen LogP contribution in [0.2, 0.25) is 5.02 Å². The Bertz CT molecular complexity index is 744. The Kier molecular flexibility index (Phi) is 7.65. The molecule has 0 amide bonds. The summed E-state index contributed by atoms with van der Waals surface area (Å²) < 4.78 is 7.14. The van der Waals surface area contributed by atoms with Crippen LogP contribution in [-0.2, 0) is 11.3 Å². The van der Waals surface area contributed by atoms with E-state index in [9.17, 15) is 0 Å². The molecule has 28 heavy (non-hydrogen) atoms. The minimum absolute atomic E-state index is 0.328. The lowest BCUT2D eigenvalue weighted by atomic mass is 10.1. The van der Waals surface area contributed by atoms with Crippen LogP contribution < -0.4 is 9.80 Å². The molecule has 0 bridgehead atoms. The van der Waals surface area contributed by atoms with E-state index >= 15 is 0 Å². The van der Waals surface area contributed by atoms with E-state index in [1.807, 2.05) is 10.7 Å². The Balaban J connectivity index is 1.71. The molecular weight excluding hydrogens is 376 g/mol. The number of tetrazole rings is 1. The summed E-state index contributed by atoms with van der Waals surface area (Å²) in [6.07, 6.45) is 3.47. The summed E-state index contributed by atoms with van der Waals surface area (Å²) in [4.78, 5) is 4.02. The lowest BCUT2D eigenvalue weighted by molar-refractivity contribution is -0.933. The predicted molar refractivity (Wildman–Crippen MR) is 111 cm³/mol. The van der Waals surface area contributed by atoms with Crippen molar-refractivity contribution in [2.45, 2.75) is 45.7 Å². The van der Waals surface area contributed by atoms with Gasteiger partial charge in [0.15, 0.2) is 0 Å². The number of benzene rings is 1. The molecule has 1 N–H and O–H groups in total. The highest BCUT2D eigenvalue weighted by Gasteiger charge is 2.32. The molecule has 1 aromatic heterocycles. The molecule has 0 radical (unpaired) electrons. The average Bonchev–Trinajstić information content (AvgIpc) is 3.17. The number of unbranched alkanes of at least 4 members (excludes halogenated alkanes) is 1. The molecule has 154 valence electrons. The van der Waals surface area contributed by atoms with Gasteiger partial charge in [-0.05, 0) is 41.5 Å². The molecule has 0 spiro atoms. The molecule has 3 rings (SSSR count). The maximum atomic E-state index is 6.23. The van der Waals surface area contributed by atoms with Crippen molar-refractivity contribution in [1.82, 2.24) is 20.2 Å². The van der Waals surface area contributed by atoms with Crippen molar-refractivity contribution in [2.75, 3.05) is 44.8 Å². The molecule has 7 nitrogen and oxygen atoms in total. The third kappa shape index (κ3) is 5.01. The summed E-state index contributed by atoms with van der Waals surface area (Å²) in [5, 5.41) is 13.3. The quantitative estimate of drug-likeness (QED) is 0.688. The molecule has 0 aliphatic carbocycles. The molecule has 2 heterocycles. The minimum Gasteiger partial charge on any atom is -0.383 e. The van der Waals surface area contributed by atoms with Crippen molar-refractivity contribution >= 4 is 17.3 Å². The van der Waals surface area contributed by atoms with Gasteiger partial charge in [-0.2, -0.15) is 0 Å². The minimum atomic E-state index is 0.328. The van der Waals surface area contributed by atoms with Gasteiger partial charge in [0, 0.05) is 24.2 Å². The van der Waals surface area contributed by atoms with Gasteiger partial charge in [0.1, 0.15) is 6.04 Å². The monoisotopic (exact) mass is 407 g/mol. The fourth-order valence-electron chi connectivity index (χ4n) is 4.03. The van der Waals surface area contributed by atoms with Gasteiger partial charge in [-0.3, -0.25) is 0 Å². The number of anilines is 1. The van der Waals surface area contributed by atoms with Gasteiger partial charge in [0.2, 0.25) is 5.82 Å². The second kappa shape index (κ2) is 10.2. The SMILES string of the molecule is CCCC[C@H](c1nnnn1CCOC)[NH+]1CCN(c2cc(Cl)ccc2C)CC1. The highest BCUT2D eigenvalue weighted by atomic mass is 35.5. The van der Waals surface area contributed by atoms with Crippen LogP contribution in [0.1, 0.15) is 43.6 Å². The lowest BCUT2D eigenvalue weighted by Gasteiger charge is -2.37. The molecule has 1 aliphatic rings. The average molecular weight is 408 g/mol. The molecule has 1 atom stereocenters.